The third kappa shape index (κ3) is 2.73. The van der Waals surface area contributed by atoms with Crippen molar-refractivity contribution in [1.82, 2.24) is 0 Å². The number of carbonyl (C=O) groups is 1. The number of benzene rings is 1. The number of halogens is 1. The van der Waals surface area contributed by atoms with Gasteiger partial charge in [0.25, 0.3) is 0 Å². The van der Waals surface area contributed by atoms with Gasteiger partial charge in [-0.1, -0.05) is 12.1 Å². The second-order valence-corrected chi connectivity index (χ2v) is 4.32. The Morgan fingerprint density at radius 3 is 2.83 bits per heavy atom. The van der Waals surface area contributed by atoms with Gasteiger partial charge >= 0.3 is 5.97 Å². The Hall–Kier alpha value is -1.75. The molecule has 18 heavy (non-hydrogen) atoms. The number of hydrogen-bond acceptors (Lipinski definition) is 4. The van der Waals surface area contributed by atoms with Crippen molar-refractivity contribution in [1.29, 1.82) is 0 Å². The largest absolute Gasteiger partial charge is 0.484 e. The maximum atomic E-state index is 11.4. The first-order valence-corrected chi connectivity index (χ1v) is 6.03. The topological polar surface area (TPSA) is 48.7 Å². The van der Waals surface area contributed by atoms with E-state index in [-0.39, 0.29) is 6.61 Å². The molecule has 1 aromatic carbocycles. The smallest absolute Gasteiger partial charge is 0.341 e. The first-order chi connectivity index (χ1) is 8.72. The molecule has 0 aliphatic rings. The van der Waals surface area contributed by atoms with Gasteiger partial charge in [-0.15, -0.1) is 0 Å². The highest BCUT2D eigenvalue weighted by atomic mass is 79.9. The van der Waals surface area contributed by atoms with Gasteiger partial charge in [0.2, 0.25) is 0 Å². The van der Waals surface area contributed by atoms with Gasteiger partial charge in [0, 0.05) is 0 Å². The number of esters is 1. The van der Waals surface area contributed by atoms with E-state index < -0.39 is 5.97 Å². The van der Waals surface area contributed by atoms with Crippen LogP contribution in [0.4, 0.5) is 0 Å². The molecule has 0 aliphatic heterocycles. The molecule has 0 unspecified atom stereocenters. The summed E-state index contributed by atoms with van der Waals surface area (Å²) in [6, 6.07) is 9.02. The molecule has 0 aliphatic carbocycles. The summed E-state index contributed by atoms with van der Waals surface area (Å²) in [7, 11) is 1.33. The summed E-state index contributed by atoms with van der Waals surface area (Å²) in [5.41, 5.74) is 0.379. The van der Waals surface area contributed by atoms with Gasteiger partial charge in [-0.05, 0) is 34.1 Å². The minimum absolute atomic E-state index is 0.167. The van der Waals surface area contributed by atoms with Crippen molar-refractivity contribution in [2.45, 2.75) is 6.61 Å². The van der Waals surface area contributed by atoms with Gasteiger partial charge in [-0.2, -0.15) is 0 Å². The molecule has 1 heterocycles. The minimum atomic E-state index is -0.436. The first kappa shape index (κ1) is 12.7. The van der Waals surface area contributed by atoms with Crippen molar-refractivity contribution in [3.8, 4) is 5.75 Å². The molecular weight excluding hydrogens is 300 g/mol. The first-order valence-electron chi connectivity index (χ1n) is 5.24. The second-order valence-electron chi connectivity index (χ2n) is 3.47. The summed E-state index contributed by atoms with van der Waals surface area (Å²) in [6.07, 6.45) is 1.44. The summed E-state index contributed by atoms with van der Waals surface area (Å²) in [5, 5.41) is 0. The summed E-state index contributed by atoms with van der Waals surface area (Å²) < 4.78 is 16.3. The van der Waals surface area contributed by atoms with Gasteiger partial charge in [0.05, 0.1) is 17.8 Å². The second kappa shape index (κ2) is 5.73. The van der Waals surface area contributed by atoms with E-state index in [2.05, 4.69) is 20.7 Å². The molecule has 0 N–H and O–H groups in total. The molecule has 0 saturated carbocycles. The molecule has 2 aromatic rings. The SMILES string of the molecule is COC(=O)c1ccoc1COc1ccccc1Br. The molecule has 4 nitrogen and oxygen atoms in total. The van der Waals surface area contributed by atoms with E-state index in [0.717, 1.165) is 4.47 Å². The molecule has 2 rings (SSSR count). The normalized spacial score (nSPS) is 10.1. The lowest BCUT2D eigenvalue weighted by atomic mass is 10.2. The Labute approximate surface area is 113 Å². The van der Waals surface area contributed by atoms with Crippen LogP contribution in [0.3, 0.4) is 0 Å². The fourth-order valence-corrected chi connectivity index (χ4v) is 1.85. The Morgan fingerprint density at radius 2 is 2.11 bits per heavy atom. The highest BCUT2D eigenvalue weighted by Gasteiger charge is 2.15. The van der Waals surface area contributed by atoms with E-state index in [1.807, 2.05) is 24.3 Å². The molecule has 0 bridgehead atoms. The van der Waals surface area contributed by atoms with Crippen molar-refractivity contribution in [3.63, 3.8) is 0 Å². The molecule has 1 aromatic heterocycles. The van der Waals surface area contributed by atoms with Crippen LogP contribution in [0.25, 0.3) is 0 Å². The van der Waals surface area contributed by atoms with Crippen molar-refractivity contribution in [2.24, 2.45) is 0 Å². The fraction of sp³-hybridized carbons (Fsp3) is 0.154. The Bertz CT molecular complexity index is 547. The maximum absolute atomic E-state index is 11.4. The van der Waals surface area contributed by atoms with Crippen LogP contribution >= 0.6 is 15.9 Å². The van der Waals surface area contributed by atoms with Crippen LogP contribution in [0, 0.1) is 0 Å². The van der Waals surface area contributed by atoms with Crippen LogP contribution in [0.15, 0.2) is 45.5 Å². The number of rotatable bonds is 4. The lowest BCUT2D eigenvalue weighted by molar-refractivity contribution is 0.0595. The molecular formula is C13H11BrO4. The van der Waals surface area contributed by atoms with Gasteiger partial charge in [-0.3, -0.25) is 0 Å². The average Bonchev–Trinajstić information content (AvgIpc) is 2.85. The van der Waals surface area contributed by atoms with Crippen molar-refractivity contribution in [3.05, 3.63) is 52.4 Å². The summed E-state index contributed by atoms with van der Waals surface area (Å²) in [5.74, 6) is 0.691. The number of ether oxygens (including phenoxy) is 2. The molecule has 0 amide bonds. The monoisotopic (exact) mass is 310 g/mol. The summed E-state index contributed by atoms with van der Waals surface area (Å²) in [4.78, 5) is 11.4. The molecule has 5 heteroatoms. The molecule has 94 valence electrons. The molecule has 0 spiro atoms. The number of furan rings is 1. The zero-order valence-electron chi connectivity index (χ0n) is 9.68. The van der Waals surface area contributed by atoms with Crippen LogP contribution in [0.5, 0.6) is 5.75 Å². The highest BCUT2D eigenvalue weighted by molar-refractivity contribution is 9.10. The highest BCUT2D eigenvalue weighted by Crippen LogP contribution is 2.25. The quantitative estimate of drug-likeness (QED) is 0.812. The average molecular weight is 311 g/mol. The van der Waals surface area contributed by atoms with E-state index in [9.17, 15) is 4.79 Å². The van der Waals surface area contributed by atoms with E-state index in [1.165, 1.54) is 13.4 Å². The molecule has 0 fully saturated rings. The lowest BCUT2D eigenvalue weighted by Crippen LogP contribution is -2.05. The van der Waals surface area contributed by atoms with Gasteiger partial charge in [0.1, 0.15) is 17.9 Å². The van der Waals surface area contributed by atoms with Crippen molar-refractivity contribution in [2.75, 3.05) is 7.11 Å². The van der Waals surface area contributed by atoms with Gasteiger partial charge in [-0.25, -0.2) is 4.79 Å². The summed E-state index contributed by atoms with van der Waals surface area (Å²) in [6.45, 7) is 0.167. The maximum Gasteiger partial charge on any atom is 0.341 e. The minimum Gasteiger partial charge on any atom is -0.484 e. The third-order valence-corrected chi connectivity index (χ3v) is 3.00. The van der Waals surface area contributed by atoms with Crippen molar-refractivity contribution < 1.29 is 18.7 Å². The van der Waals surface area contributed by atoms with E-state index in [0.29, 0.717) is 17.1 Å². The predicted molar refractivity (Wildman–Crippen MR) is 68.5 cm³/mol. The van der Waals surface area contributed by atoms with Gasteiger partial charge < -0.3 is 13.9 Å². The number of hydrogen-bond donors (Lipinski definition) is 0. The van der Waals surface area contributed by atoms with Crippen LogP contribution in [0.1, 0.15) is 16.1 Å². The standard InChI is InChI=1S/C13H11BrO4/c1-16-13(15)9-6-7-17-12(9)8-18-11-5-3-2-4-10(11)14/h2-7H,8H2,1H3. The van der Waals surface area contributed by atoms with Gasteiger partial charge in [0.15, 0.2) is 5.76 Å². The summed E-state index contributed by atoms with van der Waals surface area (Å²) >= 11 is 3.37. The Morgan fingerprint density at radius 1 is 1.33 bits per heavy atom. The van der Waals surface area contributed by atoms with E-state index in [4.69, 9.17) is 9.15 Å². The zero-order chi connectivity index (χ0) is 13.0. The zero-order valence-corrected chi connectivity index (χ0v) is 11.3. The van der Waals surface area contributed by atoms with Crippen molar-refractivity contribution >= 4 is 21.9 Å². The predicted octanol–water partition coefficient (Wildman–Crippen LogP) is 3.41. The molecule has 0 radical (unpaired) electrons. The lowest BCUT2D eigenvalue weighted by Gasteiger charge is -2.07. The van der Waals surface area contributed by atoms with Crippen LogP contribution < -0.4 is 4.74 Å². The van der Waals surface area contributed by atoms with E-state index in [1.54, 1.807) is 6.07 Å². The molecule has 0 saturated heterocycles. The van der Waals surface area contributed by atoms with Crippen LogP contribution in [-0.2, 0) is 11.3 Å². The Kier molecular flexibility index (Phi) is 4.04. The fourth-order valence-electron chi connectivity index (χ4n) is 1.45. The number of methoxy groups -OCH3 is 1. The van der Waals surface area contributed by atoms with E-state index >= 15 is 0 Å². The number of carbonyl (C=O) groups excluding carboxylic acids is 1. The van der Waals surface area contributed by atoms with Crippen LogP contribution in [-0.4, -0.2) is 13.1 Å². The third-order valence-electron chi connectivity index (χ3n) is 2.35. The molecule has 0 atom stereocenters. The van der Waals surface area contributed by atoms with Crippen LogP contribution in [0.2, 0.25) is 0 Å². The Balaban J connectivity index is 2.09. The number of para-hydroxylation sites is 1.